The number of carbonyl (C=O) groups is 1. The van der Waals surface area contributed by atoms with E-state index < -0.39 is 7.75 Å². The Kier molecular flexibility index (Phi) is 6.57. The third-order valence-electron chi connectivity index (χ3n) is 4.74. The Morgan fingerprint density at radius 2 is 1.57 bits per heavy atom. The van der Waals surface area contributed by atoms with Gasteiger partial charge in [-0.05, 0) is 47.5 Å². The van der Waals surface area contributed by atoms with Crippen LogP contribution in [0.2, 0.25) is 0 Å². The van der Waals surface area contributed by atoms with Gasteiger partial charge in [-0.1, -0.05) is 36.4 Å². The van der Waals surface area contributed by atoms with Crippen LogP contribution in [0.1, 0.15) is 10.4 Å². The number of benzene rings is 3. The van der Waals surface area contributed by atoms with Crippen LogP contribution in [0.3, 0.4) is 0 Å². The van der Waals surface area contributed by atoms with Crippen molar-refractivity contribution in [3.8, 4) is 11.1 Å². The largest absolute Gasteiger partial charge is 0.434 e. The second-order valence-corrected chi connectivity index (χ2v) is 8.79. The van der Waals surface area contributed by atoms with Crippen LogP contribution in [0.5, 0.6) is 0 Å². The highest BCUT2D eigenvalue weighted by Crippen LogP contribution is 2.51. The first-order valence-electron chi connectivity index (χ1n) is 9.20. The van der Waals surface area contributed by atoms with Gasteiger partial charge in [-0.15, -0.1) is 0 Å². The fraction of sp³-hybridized carbons (Fsp3) is 0.136. The lowest BCUT2D eigenvalue weighted by Gasteiger charge is -2.26. The van der Waals surface area contributed by atoms with E-state index in [0.29, 0.717) is 22.6 Å². The number of nitrogens with two attached hydrogens (primary N) is 1. The molecule has 7 nitrogen and oxygen atoms in total. The molecule has 156 valence electrons. The summed E-state index contributed by atoms with van der Waals surface area (Å²) in [6, 6.07) is 22.0. The van der Waals surface area contributed by atoms with Gasteiger partial charge in [-0.3, -0.25) is 18.5 Å². The van der Waals surface area contributed by atoms with Gasteiger partial charge in [0.25, 0.3) is 5.91 Å². The Hall–Kier alpha value is -3.12. The maximum Gasteiger partial charge on any atom is 0.434 e. The van der Waals surface area contributed by atoms with E-state index in [9.17, 15) is 9.36 Å². The van der Waals surface area contributed by atoms with Gasteiger partial charge in [-0.2, -0.15) is 0 Å². The lowest BCUT2D eigenvalue weighted by Crippen LogP contribution is -2.17. The highest BCUT2D eigenvalue weighted by Gasteiger charge is 2.28. The molecule has 3 aromatic carbocycles. The van der Waals surface area contributed by atoms with Crippen molar-refractivity contribution in [3.63, 3.8) is 0 Å². The molecule has 0 aliphatic rings. The lowest BCUT2D eigenvalue weighted by atomic mass is 10.0. The summed E-state index contributed by atoms with van der Waals surface area (Å²) in [6.45, 7) is 0. The molecule has 0 heterocycles. The minimum absolute atomic E-state index is 0.303. The van der Waals surface area contributed by atoms with Gasteiger partial charge in [0.2, 0.25) is 0 Å². The molecule has 0 unspecified atom stereocenters. The standard InChI is InChI=1S/C22H24N3O4P/c1-25(30(27,28-2)29-3)19-12-9-17(10-13-19)22(26)24-21-15-18(11-14-20(21)23)16-7-5-4-6-8-16/h4-15H,23H2,1-3H3,(H,24,26). The molecule has 0 aliphatic heterocycles. The zero-order valence-corrected chi connectivity index (χ0v) is 17.9. The summed E-state index contributed by atoms with van der Waals surface area (Å²) >= 11 is 0. The number of hydrogen-bond acceptors (Lipinski definition) is 5. The fourth-order valence-electron chi connectivity index (χ4n) is 2.96. The van der Waals surface area contributed by atoms with Crippen LogP contribution in [-0.4, -0.2) is 27.2 Å². The molecule has 0 bridgehead atoms. The Balaban J connectivity index is 1.79. The average Bonchev–Trinajstić information content (AvgIpc) is 2.80. The highest BCUT2D eigenvalue weighted by molar-refractivity contribution is 7.55. The fourth-order valence-corrected chi connectivity index (χ4v) is 4.01. The number of rotatable bonds is 7. The normalized spacial score (nSPS) is 11.2. The van der Waals surface area contributed by atoms with E-state index in [2.05, 4.69) is 5.32 Å². The Bertz CT molecular complexity index is 1060. The summed E-state index contributed by atoms with van der Waals surface area (Å²) < 4.78 is 23.9. The van der Waals surface area contributed by atoms with Crippen LogP contribution in [0, 0.1) is 0 Å². The van der Waals surface area contributed by atoms with Crippen molar-refractivity contribution in [2.75, 3.05) is 37.0 Å². The Labute approximate surface area is 176 Å². The van der Waals surface area contributed by atoms with E-state index in [1.807, 2.05) is 42.5 Å². The molecule has 1 amide bonds. The van der Waals surface area contributed by atoms with E-state index in [0.717, 1.165) is 11.1 Å². The van der Waals surface area contributed by atoms with Crippen molar-refractivity contribution < 1.29 is 18.4 Å². The first-order valence-corrected chi connectivity index (χ1v) is 10.7. The van der Waals surface area contributed by atoms with Gasteiger partial charge in [-0.25, -0.2) is 4.57 Å². The minimum Gasteiger partial charge on any atom is -0.397 e. The molecule has 0 fully saturated rings. The van der Waals surface area contributed by atoms with Crippen LogP contribution < -0.4 is 15.7 Å². The number of anilines is 3. The van der Waals surface area contributed by atoms with Crippen molar-refractivity contribution >= 4 is 30.7 Å². The monoisotopic (exact) mass is 425 g/mol. The van der Waals surface area contributed by atoms with Gasteiger partial charge >= 0.3 is 7.75 Å². The topological polar surface area (TPSA) is 93.9 Å². The molecular formula is C22H24N3O4P. The molecule has 8 heteroatoms. The lowest BCUT2D eigenvalue weighted by molar-refractivity contribution is 0.102. The molecule has 0 atom stereocenters. The SMILES string of the molecule is COP(=O)(OC)N(C)c1ccc(C(=O)Nc2cc(-c3ccccc3)ccc2N)cc1. The number of hydrogen-bond donors (Lipinski definition) is 2. The third kappa shape index (κ3) is 4.54. The molecule has 0 aromatic heterocycles. The molecule has 0 aliphatic carbocycles. The molecule has 0 spiro atoms. The first-order chi connectivity index (χ1) is 14.4. The van der Waals surface area contributed by atoms with Gasteiger partial charge in [0, 0.05) is 32.5 Å². The van der Waals surface area contributed by atoms with Gasteiger partial charge in [0.1, 0.15) is 0 Å². The molecule has 30 heavy (non-hydrogen) atoms. The maximum absolute atomic E-state index is 12.7. The maximum atomic E-state index is 12.7. The van der Waals surface area contributed by atoms with Gasteiger partial charge in [0.15, 0.2) is 0 Å². The number of nitrogen functional groups attached to an aromatic ring is 1. The van der Waals surface area contributed by atoms with Crippen molar-refractivity contribution in [2.45, 2.75) is 0 Å². The van der Waals surface area contributed by atoms with Crippen molar-refractivity contribution in [2.24, 2.45) is 0 Å². The quantitative estimate of drug-likeness (QED) is 0.408. The van der Waals surface area contributed by atoms with E-state index in [1.165, 1.54) is 18.9 Å². The molecule has 3 N–H and O–H groups in total. The summed E-state index contributed by atoms with van der Waals surface area (Å²) in [5, 5.41) is 2.86. The summed E-state index contributed by atoms with van der Waals surface area (Å²) in [5.41, 5.74) is 10.1. The van der Waals surface area contributed by atoms with Crippen molar-refractivity contribution in [3.05, 3.63) is 78.4 Å². The van der Waals surface area contributed by atoms with Crippen molar-refractivity contribution in [1.82, 2.24) is 0 Å². The Morgan fingerprint density at radius 3 is 2.17 bits per heavy atom. The predicted molar refractivity (Wildman–Crippen MR) is 121 cm³/mol. The molecule has 0 saturated carbocycles. The number of nitrogens with one attached hydrogen (secondary N) is 1. The first kappa shape index (κ1) is 21.6. The smallest absolute Gasteiger partial charge is 0.397 e. The molecule has 3 rings (SSSR count). The van der Waals surface area contributed by atoms with E-state index >= 15 is 0 Å². The zero-order chi connectivity index (χ0) is 21.7. The van der Waals surface area contributed by atoms with Crippen LogP contribution in [-0.2, 0) is 13.6 Å². The number of amides is 1. The zero-order valence-electron chi connectivity index (χ0n) is 17.0. The summed E-state index contributed by atoms with van der Waals surface area (Å²) in [7, 11) is 0.815. The van der Waals surface area contributed by atoms with E-state index in [1.54, 1.807) is 37.4 Å². The average molecular weight is 425 g/mol. The minimum atomic E-state index is -3.41. The highest BCUT2D eigenvalue weighted by atomic mass is 31.2. The van der Waals surface area contributed by atoms with Crippen LogP contribution >= 0.6 is 7.75 Å². The van der Waals surface area contributed by atoms with E-state index in [4.69, 9.17) is 14.8 Å². The number of carbonyl (C=O) groups excluding carboxylic acids is 1. The molecular weight excluding hydrogens is 401 g/mol. The van der Waals surface area contributed by atoms with Crippen LogP contribution in [0.15, 0.2) is 72.8 Å². The van der Waals surface area contributed by atoms with Crippen LogP contribution in [0.25, 0.3) is 11.1 Å². The summed E-state index contributed by atoms with van der Waals surface area (Å²) in [4.78, 5) is 12.7. The number of nitrogens with zero attached hydrogens (tertiary/aromatic N) is 1. The van der Waals surface area contributed by atoms with Gasteiger partial charge < -0.3 is 11.1 Å². The second-order valence-electron chi connectivity index (χ2n) is 6.53. The Morgan fingerprint density at radius 1 is 0.933 bits per heavy atom. The van der Waals surface area contributed by atoms with Crippen molar-refractivity contribution in [1.29, 1.82) is 0 Å². The third-order valence-corrected chi connectivity index (χ3v) is 6.63. The molecule has 0 saturated heterocycles. The second kappa shape index (κ2) is 9.13. The summed E-state index contributed by atoms with van der Waals surface area (Å²) in [5.74, 6) is -0.303. The summed E-state index contributed by atoms with van der Waals surface area (Å²) in [6.07, 6.45) is 0. The predicted octanol–water partition coefficient (Wildman–Crippen LogP) is 5.03. The van der Waals surface area contributed by atoms with E-state index in [-0.39, 0.29) is 5.91 Å². The van der Waals surface area contributed by atoms with Crippen LogP contribution in [0.4, 0.5) is 17.1 Å². The molecule has 0 radical (unpaired) electrons. The molecule has 3 aromatic rings. The van der Waals surface area contributed by atoms with Gasteiger partial charge in [0.05, 0.1) is 11.4 Å².